The van der Waals surface area contributed by atoms with Crippen molar-refractivity contribution in [1.82, 2.24) is 10.2 Å². The minimum absolute atomic E-state index is 0.0514. The zero-order valence-electron chi connectivity index (χ0n) is 17.2. The molecule has 5 nitrogen and oxygen atoms in total. The molecule has 0 aliphatic rings. The molecule has 2 atom stereocenters. The third-order valence-corrected chi connectivity index (χ3v) is 5.01. The first kappa shape index (κ1) is 22.8. The molecule has 6 heteroatoms. The normalized spacial score (nSPS) is 12.7. The predicted octanol–water partition coefficient (Wildman–Crippen LogP) is 4.44. The van der Waals surface area contributed by atoms with E-state index in [0.717, 1.165) is 12.0 Å². The van der Waals surface area contributed by atoms with E-state index in [2.05, 4.69) is 5.32 Å². The second-order valence-electron chi connectivity index (χ2n) is 6.99. The number of hydrogen-bond donors (Lipinski definition) is 1. The summed E-state index contributed by atoms with van der Waals surface area (Å²) >= 11 is 5.89. The minimum Gasteiger partial charge on any atom is -0.484 e. The van der Waals surface area contributed by atoms with Crippen LogP contribution in [0, 0.1) is 0 Å². The Kier molecular flexibility index (Phi) is 9.00. The van der Waals surface area contributed by atoms with Crippen LogP contribution in [0.1, 0.15) is 39.2 Å². The van der Waals surface area contributed by atoms with Crippen molar-refractivity contribution in [3.63, 3.8) is 0 Å². The summed E-state index contributed by atoms with van der Waals surface area (Å²) in [6, 6.07) is 16.0. The molecule has 0 radical (unpaired) electrons. The van der Waals surface area contributed by atoms with Crippen LogP contribution in [0.2, 0.25) is 5.02 Å². The molecule has 2 amide bonds. The zero-order chi connectivity index (χ0) is 21.2. The second kappa shape index (κ2) is 11.5. The standard InChI is InChI=1S/C23H29ClN2O3/c1-4-17(3)25-23(28)21(5-2)26(15-18-9-7-6-8-10-18)22(27)16-29-20-13-11-19(24)12-14-20/h6-14,17,21H,4-5,15-16H2,1-3H3,(H,25,28)/t17-,21+/m0/s1. The smallest absolute Gasteiger partial charge is 0.261 e. The van der Waals surface area contributed by atoms with Gasteiger partial charge in [0.1, 0.15) is 11.8 Å². The molecule has 0 heterocycles. The molecular weight excluding hydrogens is 388 g/mol. The van der Waals surface area contributed by atoms with Crippen molar-refractivity contribution in [2.24, 2.45) is 0 Å². The van der Waals surface area contributed by atoms with Crippen molar-refractivity contribution in [1.29, 1.82) is 0 Å². The quantitative estimate of drug-likeness (QED) is 0.622. The van der Waals surface area contributed by atoms with Crippen LogP contribution in [0.25, 0.3) is 0 Å². The third-order valence-electron chi connectivity index (χ3n) is 4.76. The summed E-state index contributed by atoms with van der Waals surface area (Å²) in [6.07, 6.45) is 1.34. The lowest BCUT2D eigenvalue weighted by atomic mass is 10.1. The lowest BCUT2D eigenvalue weighted by Gasteiger charge is -2.31. The fourth-order valence-electron chi connectivity index (χ4n) is 2.90. The van der Waals surface area contributed by atoms with E-state index < -0.39 is 6.04 Å². The number of nitrogens with zero attached hydrogens (tertiary/aromatic N) is 1. The molecule has 29 heavy (non-hydrogen) atoms. The maximum atomic E-state index is 13.0. The Morgan fingerprint density at radius 3 is 2.28 bits per heavy atom. The first-order valence-electron chi connectivity index (χ1n) is 9.96. The van der Waals surface area contributed by atoms with Gasteiger partial charge < -0.3 is 15.0 Å². The minimum atomic E-state index is -0.564. The van der Waals surface area contributed by atoms with Crippen molar-refractivity contribution in [2.75, 3.05) is 6.61 Å². The summed E-state index contributed by atoms with van der Waals surface area (Å²) in [5.74, 6) is 0.173. The number of nitrogens with one attached hydrogen (secondary N) is 1. The average Bonchev–Trinajstić information content (AvgIpc) is 2.73. The number of hydrogen-bond acceptors (Lipinski definition) is 3. The van der Waals surface area contributed by atoms with Crippen LogP contribution in [0.5, 0.6) is 5.75 Å². The SMILES string of the molecule is CC[C@H](C(=O)N[C@@H](C)CC)N(Cc1ccccc1)C(=O)COc1ccc(Cl)cc1. The number of carbonyl (C=O) groups excluding carboxylic acids is 2. The van der Waals surface area contributed by atoms with Gasteiger partial charge in [0, 0.05) is 17.6 Å². The van der Waals surface area contributed by atoms with Gasteiger partial charge in [-0.3, -0.25) is 9.59 Å². The van der Waals surface area contributed by atoms with Gasteiger partial charge in [0.2, 0.25) is 5.91 Å². The van der Waals surface area contributed by atoms with Crippen LogP contribution in [-0.2, 0) is 16.1 Å². The second-order valence-corrected chi connectivity index (χ2v) is 7.43. The summed E-state index contributed by atoms with van der Waals surface area (Å²) in [6.45, 7) is 6.07. The van der Waals surface area contributed by atoms with E-state index in [1.54, 1.807) is 29.2 Å². The summed E-state index contributed by atoms with van der Waals surface area (Å²) in [5, 5.41) is 3.59. The first-order valence-corrected chi connectivity index (χ1v) is 10.3. The third kappa shape index (κ3) is 7.09. The van der Waals surface area contributed by atoms with E-state index in [4.69, 9.17) is 16.3 Å². The number of ether oxygens (including phenoxy) is 1. The van der Waals surface area contributed by atoms with E-state index in [9.17, 15) is 9.59 Å². The van der Waals surface area contributed by atoms with Crippen LogP contribution < -0.4 is 10.1 Å². The topological polar surface area (TPSA) is 58.6 Å². The van der Waals surface area contributed by atoms with Gasteiger partial charge in [-0.2, -0.15) is 0 Å². The number of halogens is 1. The monoisotopic (exact) mass is 416 g/mol. The van der Waals surface area contributed by atoms with E-state index in [-0.39, 0.29) is 24.5 Å². The van der Waals surface area contributed by atoms with Crippen LogP contribution in [0.4, 0.5) is 0 Å². The van der Waals surface area contributed by atoms with Crippen LogP contribution in [-0.4, -0.2) is 35.4 Å². The van der Waals surface area contributed by atoms with Crippen molar-refractivity contribution in [3.05, 3.63) is 65.2 Å². The van der Waals surface area contributed by atoms with Gasteiger partial charge in [0.15, 0.2) is 6.61 Å². The molecule has 2 aromatic carbocycles. The van der Waals surface area contributed by atoms with Gasteiger partial charge in [-0.05, 0) is 49.6 Å². The first-order chi connectivity index (χ1) is 13.9. The van der Waals surface area contributed by atoms with Crippen molar-refractivity contribution >= 4 is 23.4 Å². The van der Waals surface area contributed by atoms with Crippen molar-refractivity contribution < 1.29 is 14.3 Å². The fourth-order valence-corrected chi connectivity index (χ4v) is 3.03. The zero-order valence-corrected chi connectivity index (χ0v) is 18.0. The fraction of sp³-hybridized carbons (Fsp3) is 0.391. The van der Waals surface area contributed by atoms with Crippen molar-refractivity contribution in [3.8, 4) is 5.75 Å². The molecule has 0 aliphatic heterocycles. The molecule has 0 aliphatic carbocycles. The Bertz CT molecular complexity index is 780. The predicted molar refractivity (Wildman–Crippen MR) is 116 cm³/mol. The molecule has 156 valence electrons. The van der Waals surface area contributed by atoms with Gasteiger partial charge in [-0.25, -0.2) is 0 Å². The number of amides is 2. The molecule has 0 unspecified atom stereocenters. The molecule has 2 aromatic rings. The van der Waals surface area contributed by atoms with Gasteiger partial charge in [-0.1, -0.05) is 55.8 Å². The highest BCUT2D eigenvalue weighted by molar-refractivity contribution is 6.30. The Hall–Kier alpha value is -2.53. The Labute approximate surface area is 178 Å². The molecule has 1 N–H and O–H groups in total. The largest absolute Gasteiger partial charge is 0.484 e. The molecule has 0 aromatic heterocycles. The van der Waals surface area contributed by atoms with E-state index in [1.165, 1.54) is 0 Å². The maximum Gasteiger partial charge on any atom is 0.261 e. The Morgan fingerprint density at radius 1 is 1.03 bits per heavy atom. The van der Waals surface area contributed by atoms with Crippen LogP contribution in [0.3, 0.4) is 0 Å². The van der Waals surface area contributed by atoms with Crippen LogP contribution in [0.15, 0.2) is 54.6 Å². The molecule has 2 rings (SSSR count). The maximum absolute atomic E-state index is 13.0. The highest BCUT2D eigenvalue weighted by Gasteiger charge is 2.29. The summed E-state index contributed by atoms with van der Waals surface area (Å²) < 4.78 is 5.64. The van der Waals surface area contributed by atoms with E-state index >= 15 is 0 Å². The number of benzene rings is 2. The van der Waals surface area contributed by atoms with E-state index in [0.29, 0.717) is 23.7 Å². The lowest BCUT2D eigenvalue weighted by molar-refractivity contribution is -0.143. The lowest BCUT2D eigenvalue weighted by Crippen LogP contribution is -2.51. The molecule has 0 bridgehead atoms. The molecule has 0 fully saturated rings. The Morgan fingerprint density at radius 2 is 1.69 bits per heavy atom. The van der Waals surface area contributed by atoms with Gasteiger partial charge >= 0.3 is 0 Å². The van der Waals surface area contributed by atoms with Gasteiger partial charge in [0.25, 0.3) is 5.91 Å². The van der Waals surface area contributed by atoms with Crippen LogP contribution >= 0.6 is 11.6 Å². The number of rotatable bonds is 10. The molecule has 0 saturated heterocycles. The van der Waals surface area contributed by atoms with Gasteiger partial charge in [-0.15, -0.1) is 0 Å². The summed E-state index contributed by atoms with van der Waals surface area (Å²) in [5.41, 5.74) is 0.960. The van der Waals surface area contributed by atoms with Gasteiger partial charge in [0.05, 0.1) is 0 Å². The molecule has 0 spiro atoms. The molecular formula is C23H29ClN2O3. The Balaban J connectivity index is 2.16. The number of carbonyl (C=O) groups is 2. The van der Waals surface area contributed by atoms with Crippen molar-refractivity contribution in [2.45, 2.75) is 52.2 Å². The summed E-state index contributed by atoms with van der Waals surface area (Å²) in [7, 11) is 0. The highest BCUT2D eigenvalue weighted by Crippen LogP contribution is 2.17. The summed E-state index contributed by atoms with van der Waals surface area (Å²) in [4.78, 5) is 27.5. The average molecular weight is 417 g/mol. The van der Waals surface area contributed by atoms with E-state index in [1.807, 2.05) is 51.1 Å². The molecule has 0 saturated carbocycles. The highest BCUT2D eigenvalue weighted by atomic mass is 35.5.